The standard InChI is InChI=1S/C21H17N3O7S/c1-2-30-18(25)4-3-9-22-20(27)15-11-17-14(19(26)23(15)21(22)32)10-16(31-17)12-5-7-13(8-6-12)24(28)29/h5-8,10-11H,2-4,9H2,1H3. The smallest absolute Gasteiger partial charge is 0.305 e. The minimum Gasteiger partial charge on any atom is -0.466 e. The van der Waals surface area contributed by atoms with Crippen LogP contribution >= 0.6 is 12.2 Å². The van der Waals surface area contributed by atoms with Crippen molar-refractivity contribution in [3.63, 3.8) is 0 Å². The number of esters is 1. The maximum Gasteiger partial charge on any atom is 0.305 e. The highest BCUT2D eigenvalue weighted by Gasteiger charge is 2.34. The Morgan fingerprint density at radius 2 is 1.94 bits per heavy atom. The van der Waals surface area contributed by atoms with Crippen LogP contribution in [0.3, 0.4) is 0 Å². The Labute approximate surface area is 186 Å². The molecule has 2 aromatic heterocycles. The molecule has 0 saturated heterocycles. The molecule has 4 rings (SSSR count). The zero-order valence-corrected chi connectivity index (χ0v) is 17.7. The third kappa shape index (κ3) is 3.66. The van der Waals surface area contributed by atoms with Crippen molar-refractivity contribution in [2.24, 2.45) is 0 Å². The Hall–Kier alpha value is -3.86. The molecule has 32 heavy (non-hydrogen) atoms. The minimum absolute atomic E-state index is 0.0406. The Morgan fingerprint density at radius 3 is 2.59 bits per heavy atom. The largest absolute Gasteiger partial charge is 0.466 e. The Morgan fingerprint density at radius 1 is 1.22 bits per heavy atom. The van der Waals surface area contributed by atoms with Crippen LogP contribution in [0, 0.1) is 10.1 Å². The number of hydrogen-bond donors (Lipinski definition) is 0. The summed E-state index contributed by atoms with van der Waals surface area (Å²) in [6, 6.07) is 8.67. The second-order valence-corrected chi connectivity index (χ2v) is 7.38. The fourth-order valence-electron chi connectivity index (χ4n) is 3.49. The van der Waals surface area contributed by atoms with Crippen LogP contribution in [0.1, 0.15) is 30.3 Å². The summed E-state index contributed by atoms with van der Waals surface area (Å²) in [5, 5.41) is 11.1. The van der Waals surface area contributed by atoms with Gasteiger partial charge in [0.15, 0.2) is 5.11 Å². The third-order valence-corrected chi connectivity index (χ3v) is 5.42. The highest BCUT2D eigenvalue weighted by atomic mass is 32.1. The number of fused-ring (bicyclic) bond motifs is 2. The molecule has 1 amide bonds. The lowest BCUT2D eigenvalue weighted by Crippen LogP contribution is -2.34. The number of hydrogen-bond acceptors (Lipinski definition) is 8. The first kappa shape index (κ1) is 21.4. The average molecular weight is 455 g/mol. The maximum atomic E-state index is 13.1. The summed E-state index contributed by atoms with van der Waals surface area (Å²) in [5.74, 6) is -0.483. The van der Waals surface area contributed by atoms with Crippen molar-refractivity contribution >= 4 is 45.9 Å². The van der Waals surface area contributed by atoms with Gasteiger partial charge in [-0.2, -0.15) is 0 Å². The van der Waals surface area contributed by atoms with Gasteiger partial charge >= 0.3 is 5.97 Å². The maximum absolute atomic E-state index is 13.1. The van der Waals surface area contributed by atoms with Gasteiger partial charge in [-0.15, -0.1) is 0 Å². The van der Waals surface area contributed by atoms with E-state index in [4.69, 9.17) is 21.4 Å². The number of amides is 1. The van der Waals surface area contributed by atoms with E-state index in [0.29, 0.717) is 17.7 Å². The number of rotatable bonds is 7. The van der Waals surface area contributed by atoms with Crippen molar-refractivity contribution in [1.29, 1.82) is 0 Å². The number of furan rings is 1. The van der Waals surface area contributed by atoms with E-state index < -0.39 is 16.4 Å². The summed E-state index contributed by atoms with van der Waals surface area (Å²) in [4.78, 5) is 49.0. The quantitative estimate of drug-likeness (QED) is 0.230. The Kier molecular flexibility index (Phi) is 5.57. The number of carbonyl (C=O) groups is 2. The van der Waals surface area contributed by atoms with E-state index in [1.54, 1.807) is 6.92 Å². The third-order valence-electron chi connectivity index (χ3n) is 5.02. The number of ether oxygens (including phenoxy) is 1. The summed E-state index contributed by atoms with van der Waals surface area (Å²) in [5.41, 5.74) is 0.266. The van der Waals surface area contributed by atoms with E-state index in [-0.39, 0.29) is 53.0 Å². The number of carbonyl (C=O) groups excluding carboxylic acids is 2. The molecule has 11 heteroatoms. The van der Waals surface area contributed by atoms with Gasteiger partial charge < -0.3 is 9.15 Å². The number of pyridine rings is 1. The molecular formula is C21H17N3O7S. The molecule has 10 nitrogen and oxygen atoms in total. The lowest BCUT2D eigenvalue weighted by molar-refractivity contribution is -0.384. The minimum atomic E-state index is -0.510. The first-order valence-electron chi connectivity index (χ1n) is 9.78. The molecule has 3 heterocycles. The average Bonchev–Trinajstić information content (AvgIpc) is 3.30. The molecule has 0 radical (unpaired) electrons. The molecule has 3 aromatic rings. The van der Waals surface area contributed by atoms with Crippen LogP contribution in [-0.4, -0.2) is 44.5 Å². The molecule has 0 fully saturated rings. The van der Waals surface area contributed by atoms with Crippen LogP contribution in [0.25, 0.3) is 22.3 Å². The molecule has 0 spiro atoms. The van der Waals surface area contributed by atoms with Crippen molar-refractivity contribution in [2.75, 3.05) is 13.2 Å². The van der Waals surface area contributed by atoms with E-state index in [2.05, 4.69) is 0 Å². The zero-order valence-electron chi connectivity index (χ0n) is 16.9. The van der Waals surface area contributed by atoms with Crippen LogP contribution < -0.4 is 5.56 Å². The van der Waals surface area contributed by atoms with Crippen molar-refractivity contribution in [2.45, 2.75) is 19.8 Å². The summed E-state index contributed by atoms with van der Waals surface area (Å²) in [6.45, 7) is 2.16. The lowest BCUT2D eigenvalue weighted by atomic mass is 10.1. The van der Waals surface area contributed by atoms with Gasteiger partial charge in [0.05, 0.1) is 16.9 Å². The molecule has 1 aliphatic heterocycles. The number of nitro groups is 1. The van der Waals surface area contributed by atoms with Crippen LogP contribution in [0.2, 0.25) is 0 Å². The highest BCUT2D eigenvalue weighted by molar-refractivity contribution is 7.80. The fourth-order valence-corrected chi connectivity index (χ4v) is 3.85. The van der Waals surface area contributed by atoms with Crippen molar-refractivity contribution in [3.05, 3.63) is 62.6 Å². The van der Waals surface area contributed by atoms with Gasteiger partial charge in [-0.3, -0.25) is 29.4 Å². The van der Waals surface area contributed by atoms with Crippen LogP contribution in [0.4, 0.5) is 5.69 Å². The van der Waals surface area contributed by atoms with E-state index in [1.807, 2.05) is 0 Å². The number of thiocarbonyl (C=S) groups is 1. The van der Waals surface area contributed by atoms with E-state index >= 15 is 0 Å². The first-order valence-corrected chi connectivity index (χ1v) is 10.2. The van der Waals surface area contributed by atoms with Crippen LogP contribution in [0.15, 0.2) is 45.6 Å². The number of benzene rings is 1. The van der Waals surface area contributed by atoms with Crippen LogP contribution in [-0.2, 0) is 9.53 Å². The van der Waals surface area contributed by atoms with Gasteiger partial charge in [0.2, 0.25) is 0 Å². The number of aromatic nitrogens is 1. The number of nitro benzene ring substituents is 1. The Bertz CT molecular complexity index is 1320. The first-order chi connectivity index (χ1) is 15.3. The monoisotopic (exact) mass is 455 g/mol. The summed E-state index contributed by atoms with van der Waals surface area (Å²) in [6.07, 6.45) is 0.473. The van der Waals surface area contributed by atoms with Crippen LogP contribution in [0.5, 0.6) is 0 Å². The van der Waals surface area contributed by atoms with E-state index in [0.717, 1.165) is 4.57 Å². The SMILES string of the molecule is CCOC(=O)CCCN1C(=O)c2cc3oc(-c4ccc([N+](=O)[O-])cc4)cc3c(=O)n2C1=S. The molecule has 0 atom stereocenters. The summed E-state index contributed by atoms with van der Waals surface area (Å²) < 4.78 is 11.8. The number of non-ortho nitro benzene ring substituents is 1. The predicted molar refractivity (Wildman–Crippen MR) is 117 cm³/mol. The molecule has 0 unspecified atom stereocenters. The predicted octanol–water partition coefficient (Wildman–Crippen LogP) is 3.10. The molecule has 1 aromatic carbocycles. The fraction of sp³-hybridized carbons (Fsp3) is 0.238. The van der Waals surface area contributed by atoms with Gasteiger partial charge in [-0.25, -0.2) is 4.57 Å². The van der Waals surface area contributed by atoms with Crippen molar-refractivity contribution < 1.29 is 23.7 Å². The van der Waals surface area contributed by atoms with E-state index in [1.165, 1.54) is 41.3 Å². The van der Waals surface area contributed by atoms with Crippen molar-refractivity contribution in [3.8, 4) is 11.3 Å². The van der Waals surface area contributed by atoms with Gasteiger partial charge in [-0.1, -0.05) is 0 Å². The number of nitrogens with zero attached hydrogens (tertiary/aromatic N) is 3. The molecule has 0 bridgehead atoms. The molecular weight excluding hydrogens is 438 g/mol. The normalized spacial score (nSPS) is 13.0. The van der Waals surface area contributed by atoms with Gasteiger partial charge in [-0.05, 0) is 43.8 Å². The molecule has 0 N–H and O–H groups in total. The lowest BCUT2D eigenvalue weighted by Gasteiger charge is -2.14. The highest BCUT2D eigenvalue weighted by Crippen LogP contribution is 2.29. The summed E-state index contributed by atoms with van der Waals surface area (Å²) >= 11 is 5.35. The molecule has 164 valence electrons. The molecule has 0 saturated carbocycles. The molecule has 1 aliphatic rings. The summed E-state index contributed by atoms with van der Waals surface area (Å²) in [7, 11) is 0. The van der Waals surface area contributed by atoms with Gasteiger partial charge in [0, 0.05) is 36.7 Å². The second-order valence-electron chi connectivity index (χ2n) is 7.01. The van der Waals surface area contributed by atoms with Gasteiger partial charge in [0.1, 0.15) is 17.0 Å². The molecule has 0 aliphatic carbocycles. The second kappa shape index (κ2) is 8.35. The van der Waals surface area contributed by atoms with Gasteiger partial charge in [0.25, 0.3) is 17.2 Å². The van der Waals surface area contributed by atoms with Crippen molar-refractivity contribution in [1.82, 2.24) is 9.47 Å². The Balaban J connectivity index is 1.62. The van der Waals surface area contributed by atoms with E-state index in [9.17, 15) is 24.5 Å². The zero-order chi connectivity index (χ0) is 23.0. The topological polar surface area (TPSA) is 125 Å².